The molecule has 0 aromatic rings. The van der Waals surface area contributed by atoms with Crippen LogP contribution in [0.5, 0.6) is 0 Å². The van der Waals surface area contributed by atoms with Crippen molar-refractivity contribution < 1.29 is 0 Å². The smallest absolute Gasteiger partial charge is 0.0124 e. The van der Waals surface area contributed by atoms with Gasteiger partial charge in [0.15, 0.2) is 0 Å². The summed E-state index contributed by atoms with van der Waals surface area (Å²) in [6.45, 7) is 12.7. The van der Waals surface area contributed by atoms with Crippen LogP contribution in [0.4, 0.5) is 0 Å². The SMILES string of the molecule is C=CCC(CC(C)(C)S)CC(C)(C)NC. The first-order chi connectivity index (χ1) is 6.70. The summed E-state index contributed by atoms with van der Waals surface area (Å²) in [5.74, 6) is 0.664. The highest BCUT2D eigenvalue weighted by molar-refractivity contribution is 7.81. The summed E-state index contributed by atoms with van der Waals surface area (Å²) in [5, 5.41) is 3.36. The quantitative estimate of drug-likeness (QED) is 0.501. The van der Waals surface area contributed by atoms with E-state index in [1.165, 1.54) is 6.42 Å². The third kappa shape index (κ3) is 7.92. The van der Waals surface area contributed by atoms with E-state index in [2.05, 4.69) is 52.2 Å². The van der Waals surface area contributed by atoms with Crippen molar-refractivity contribution >= 4 is 12.6 Å². The molecule has 0 rings (SSSR count). The lowest BCUT2D eigenvalue weighted by molar-refractivity contribution is 0.290. The molecule has 0 aromatic carbocycles. The molecular weight excluding hydrogens is 202 g/mol. The highest BCUT2D eigenvalue weighted by Crippen LogP contribution is 2.30. The molecule has 0 radical (unpaired) electrons. The maximum Gasteiger partial charge on any atom is 0.0124 e. The van der Waals surface area contributed by atoms with Gasteiger partial charge in [-0.2, -0.15) is 12.6 Å². The van der Waals surface area contributed by atoms with E-state index in [0.29, 0.717) is 5.92 Å². The zero-order chi connectivity index (χ0) is 12.1. The lowest BCUT2D eigenvalue weighted by Crippen LogP contribution is -2.39. The van der Waals surface area contributed by atoms with Gasteiger partial charge in [-0.05, 0) is 46.1 Å². The van der Waals surface area contributed by atoms with Crippen molar-refractivity contribution in [2.45, 2.75) is 57.2 Å². The predicted molar refractivity (Wildman–Crippen MR) is 73.7 cm³/mol. The van der Waals surface area contributed by atoms with Gasteiger partial charge < -0.3 is 5.32 Å². The average molecular weight is 229 g/mol. The van der Waals surface area contributed by atoms with Gasteiger partial charge in [-0.1, -0.05) is 19.9 Å². The summed E-state index contributed by atoms with van der Waals surface area (Å²) in [7, 11) is 2.02. The number of allylic oxidation sites excluding steroid dienone is 1. The Labute approximate surface area is 101 Å². The summed E-state index contributed by atoms with van der Waals surface area (Å²) in [6.07, 6.45) is 5.40. The normalized spacial score (nSPS) is 15.1. The van der Waals surface area contributed by atoms with Gasteiger partial charge in [0.1, 0.15) is 0 Å². The molecule has 1 N–H and O–H groups in total. The van der Waals surface area contributed by atoms with E-state index >= 15 is 0 Å². The van der Waals surface area contributed by atoms with Gasteiger partial charge in [-0.25, -0.2) is 0 Å². The zero-order valence-electron chi connectivity index (χ0n) is 10.9. The fourth-order valence-electron chi connectivity index (χ4n) is 2.00. The molecule has 15 heavy (non-hydrogen) atoms. The van der Waals surface area contributed by atoms with E-state index in [-0.39, 0.29) is 10.3 Å². The summed E-state index contributed by atoms with van der Waals surface area (Å²) in [6, 6.07) is 0. The fourth-order valence-corrected chi connectivity index (χ4v) is 2.26. The molecule has 0 amide bonds. The van der Waals surface area contributed by atoms with E-state index in [4.69, 9.17) is 0 Å². The predicted octanol–water partition coefficient (Wildman–Crippen LogP) is 3.67. The van der Waals surface area contributed by atoms with Crippen molar-refractivity contribution in [3.8, 4) is 0 Å². The third-order valence-corrected chi connectivity index (χ3v) is 2.95. The Morgan fingerprint density at radius 2 is 1.80 bits per heavy atom. The zero-order valence-corrected chi connectivity index (χ0v) is 11.8. The van der Waals surface area contributed by atoms with Crippen LogP contribution in [0, 0.1) is 5.92 Å². The molecular formula is C13H27NS. The maximum atomic E-state index is 4.61. The van der Waals surface area contributed by atoms with Crippen molar-refractivity contribution in [2.75, 3.05) is 7.05 Å². The number of thiol groups is 1. The largest absolute Gasteiger partial charge is 0.315 e. The molecule has 0 spiro atoms. The van der Waals surface area contributed by atoms with Gasteiger partial charge in [0.05, 0.1) is 0 Å². The van der Waals surface area contributed by atoms with E-state index in [9.17, 15) is 0 Å². The molecule has 0 aliphatic carbocycles. The van der Waals surface area contributed by atoms with Crippen molar-refractivity contribution in [3.05, 3.63) is 12.7 Å². The van der Waals surface area contributed by atoms with E-state index in [1.54, 1.807) is 0 Å². The van der Waals surface area contributed by atoms with E-state index in [0.717, 1.165) is 12.8 Å². The van der Waals surface area contributed by atoms with Gasteiger partial charge in [0.25, 0.3) is 0 Å². The summed E-state index contributed by atoms with van der Waals surface area (Å²) < 4.78 is 0.109. The van der Waals surface area contributed by atoms with Gasteiger partial charge >= 0.3 is 0 Å². The Balaban J connectivity index is 4.34. The van der Waals surface area contributed by atoms with E-state index in [1.807, 2.05) is 13.1 Å². The molecule has 0 saturated carbocycles. The van der Waals surface area contributed by atoms with Crippen LogP contribution in [0.3, 0.4) is 0 Å². The van der Waals surface area contributed by atoms with Crippen LogP contribution in [0.2, 0.25) is 0 Å². The van der Waals surface area contributed by atoms with Crippen LogP contribution in [-0.2, 0) is 0 Å². The highest BCUT2D eigenvalue weighted by atomic mass is 32.1. The molecule has 1 atom stereocenters. The lowest BCUT2D eigenvalue weighted by atomic mass is 9.83. The fraction of sp³-hybridized carbons (Fsp3) is 0.846. The van der Waals surface area contributed by atoms with Gasteiger partial charge in [0.2, 0.25) is 0 Å². The number of nitrogens with one attached hydrogen (secondary N) is 1. The topological polar surface area (TPSA) is 12.0 Å². The second-order valence-electron chi connectivity index (χ2n) is 5.74. The standard InChI is InChI=1S/C13H27NS/c1-7-8-11(10-13(4,5)15)9-12(2,3)14-6/h7,11,14-15H,1,8-10H2,2-6H3. The van der Waals surface area contributed by atoms with Crippen LogP contribution < -0.4 is 5.32 Å². The molecule has 2 heteroatoms. The second kappa shape index (κ2) is 5.95. The summed E-state index contributed by atoms with van der Waals surface area (Å²) >= 11 is 4.61. The molecule has 0 fully saturated rings. The Morgan fingerprint density at radius 1 is 1.27 bits per heavy atom. The number of hydrogen-bond acceptors (Lipinski definition) is 2. The van der Waals surface area contributed by atoms with Crippen LogP contribution in [0.25, 0.3) is 0 Å². The molecule has 0 aromatic heterocycles. The molecule has 0 aliphatic rings. The van der Waals surface area contributed by atoms with Crippen LogP contribution >= 0.6 is 12.6 Å². The minimum Gasteiger partial charge on any atom is -0.315 e. The molecule has 0 bridgehead atoms. The van der Waals surface area contributed by atoms with E-state index < -0.39 is 0 Å². The number of hydrogen-bond donors (Lipinski definition) is 2. The van der Waals surface area contributed by atoms with Gasteiger partial charge in [0, 0.05) is 10.3 Å². The highest BCUT2D eigenvalue weighted by Gasteiger charge is 2.25. The summed E-state index contributed by atoms with van der Waals surface area (Å²) in [4.78, 5) is 0. The molecule has 1 unspecified atom stereocenters. The molecule has 0 aliphatic heterocycles. The molecule has 1 nitrogen and oxygen atoms in total. The monoisotopic (exact) mass is 229 g/mol. The van der Waals surface area contributed by atoms with Gasteiger partial charge in [-0.3, -0.25) is 0 Å². The van der Waals surface area contributed by atoms with Crippen molar-refractivity contribution in [3.63, 3.8) is 0 Å². The molecule has 0 heterocycles. The lowest BCUT2D eigenvalue weighted by Gasteiger charge is -2.32. The minimum atomic E-state index is 0.109. The van der Waals surface area contributed by atoms with Gasteiger partial charge in [-0.15, -0.1) is 6.58 Å². The second-order valence-corrected chi connectivity index (χ2v) is 6.96. The first kappa shape index (κ1) is 15.0. The third-order valence-electron chi connectivity index (χ3n) is 2.76. The Bertz CT molecular complexity index is 191. The van der Waals surface area contributed by atoms with Crippen LogP contribution in [-0.4, -0.2) is 17.3 Å². The Kier molecular flexibility index (Phi) is 5.97. The van der Waals surface area contributed by atoms with Crippen molar-refractivity contribution in [1.82, 2.24) is 5.32 Å². The van der Waals surface area contributed by atoms with Crippen molar-refractivity contribution in [2.24, 2.45) is 5.92 Å². The summed E-state index contributed by atoms with van der Waals surface area (Å²) in [5.41, 5.74) is 0.201. The van der Waals surface area contributed by atoms with Crippen LogP contribution in [0.15, 0.2) is 12.7 Å². The van der Waals surface area contributed by atoms with Crippen molar-refractivity contribution in [1.29, 1.82) is 0 Å². The first-order valence-corrected chi connectivity index (χ1v) is 6.17. The molecule has 90 valence electrons. The minimum absolute atomic E-state index is 0.109. The Morgan fingerprint density at radius 3 is 2.13 bits per heavy atom. The molecule has 0 saturated heterocycles. The maximum absolute atomic E-state index is 4.61. The Hall–Kier alpha value is 0.0500. The first-order valence-electron chi connectivity index (χ1n) is 5.72. The average Bonchev–Trinajstić information content (AvgIpc) is 2.01. The number of rotatable bonds is 7. The van der Waals surface area contributed by atoms with Crippen LogP contribution in [0.1, 0.15) is 47.0 Å².